The SMILES string of the molecule is CCC(C)S(=O)(=O)N(Cc1ncc(-c2nnc(C(F)F)o2)s1)c1cccnc1. The highest BCUT2D eigenvalue weighted by atomic mass is 32.2. The van der Waals surface area contributed by atoms with E-state index < -0.39 is 27.6 Å². The van der Waals surface area contributed by atoms with Crippen LogP contribution in [0.15, 0.2) is 35.1 Å². The molecule has 0 aliphatic heterocycles. The van der Waals surface area contributed by atoms with Crippen molar-refractivity contribution in [3.05, 3.63) is 41.6 Å². The Kier molecular flexibility index (Phi) is 5.98. The molecule has 3 aromatic rings. The van der Waals surface area contributed by atoms with Gasteiger partial charge in [0.2, 0.25) is 10.0 Å². The van der Waals surface area contributed by atoms with E-state index in [1.807, 2.05) is 0 Å². The highest BCUT2D eigenvalue weighted by Gasteiger charge is 2.29. The Balaban J connectivity index is 1.90. The summed E-state index contributed by atoms with van der Waals surface area (Å²) in [7, 11) is -3.66. The molecule has 150 valence electrons. The average Bonchev–Trinajstić information content (AvgIpc) is 3.35. The minimum Gasteiger partial charge on any atom is -0.414 e. The van der Waals surface area contributed by atoms with Gasteiger partial charge in [-0.15, -0.1) is 21.5 Å². The third-order valence-electron chi connectivity index (χ3n) is 4.00. The van der Waals surface area contributed by atoms with Crippen molar-refractivity contribution in [1.82, 2.24) is 20.2 Å². The first-order valence-corrected chi connectivity index (χ1v) is 10.6. The van der Waals surface area contributed by atoms with Crippen LogP contribution in [0.25, 0.3) is 10.8 Å². The lowest BCUT2D eigenvalue weighted by molar-refractivity contribution is 0.116. The first-order valence-electron chi connectivity index (χ1n) is 8.31. The minimum atomic E-state index is -3.66. The van der Waals surface area contributed by atoms with Crippen LogP contribution in [-0.4, -0.2) is 33.8 Å². The molecule has 0 fully saturated rings. The van der Waals surface area contributed by atoms with Crippen molar-refractivity contribution in [2.75, 3.05) is 4.31 Å². The Hall–Kier alpha value is -2.47. The highest BCUT2D eigenvalue weighted by Crippen LogP contribution is 2.30. The van der Waals surface area contributed by atoms with Gasteiger partial charge in [0.1, 0.15) is 9.88 Å². The zero-order chi connectivity index (χ0) is 20.3. The predicted octanol–water partition coefficient (Wildman–Crippen LogP) is 3.66. The van der Waals surface area contributed by atoms with Gasteiger partial charge in [0, 0.05) is 6.20 Å². The highest BCUT2D eigenvalue weighted by molar-refractivity contribution is 7.93. The molecule has 12 heteroatoms. The standard InChI is InChI=1S/C16H17F2N5O3S2/c1-3-10(2)28(24,25)23(11-5-4-6-19-7-11)9-13-20-8-12(27-13)15-21-22-16(26-15)14(17)18/h4-8,10,14H,3,9H2,1-2H3. The number of nitrogens with zero attached hydrogens (tertiary/aromatic N) is 5. The molecular formula is C16H17F2N5O3S2. The molecule has 0 saturated carbocycles. The van der Waals surface area contributed by atoms with E-state index in [4.69, 9.17) is 4.42 Å². The number of sulfonamides is 1. The molecule has 0 aliphatic carbocycles. The van der Waals surface area contributed by atoms with Gasteiger partial charge in [0.05, 0.1) is 29.9 Å². The Morgan fingerprint density at radius 2 is 2.07 bits per heavy atom. The van der Waals surface area contributed by atoms with Crippen molar-refractivity contribution in [3.63, 3.8) is 0 Å². The number of thiazole rings is 1. The predicted molar refractivity (Wildman–Crippen MR) is 99.5 cm³/mol. The Labute approximate surface area is 164 Å². The molecule has 28 heavy (non-hydrogen) atoms. The zero-order valence-electron chi connectivity index (χ0n) is 15.0. The van der Waals surface area contributed by atoms with Crippen LogP contribution in [0.1, 0.15) is 37.6 Å². The van der Waals surface area contributed by atoms with Crippen molar-refractivity contribution in [1.29, 1.82) is 0 Å². The second-order valence-electron chi connectivity index (χ2n) is 5.85. The van der Waals surface area contributed by atoms with Crippen LogP contribution >= 0.6 is 11.3 Å². The van der Waals surface area contributed by atoms with E-state index in [1.165, 1.54) is 16.7 Å². The number of hydrogen-bond acceptors (Lipinski definition) is 8. The molecule has 1 atom stereocenters. The molecule has 3 heterocycles. The molecule has 3 aromatic heterocycles. The van der Waals surface area contributed by atoms with Gasteiger partial charge in [-0.05, 0) is 25.5 Å². The normalized spacial score (nSPS) is 13.0. The smallest absolute Gasteiger partial charge is 0.314 e. The summed E-state index contributed by atoms with van der Waals surface area (Å²) in [6.45, 7) is 3.40. The third-order valence-corrected chi connectivity index (χ3v) is 7.27. The van der Waals surface area contributed by atoms with Gasteiger partial charge in [0.25, 0.3) is 11.8 Å². The van der Waals surface area contributed by atoms with Crippen LogP contribution < -0.4 is 4.31 Å². The van der Waals surface area contributed by atoms with Gasteiger partial charge >= 0.3 is 6.43 Å². The molecule has 0 radical (unpaired) electrons. The van der Waals surface area contributed by atoms with E-state index in [-0.39, 0.29) is 12.4 Å². The van der Waals surface area contributed by atoms with Crippen molar-refractivity contribution < 1.29 is 21.6 Å². The molecule has 0 amide bonds. The largest absolute Gasteiger partial charge is 0.414 e. The second kappa shape index (κ2) is 8.27. The lowest BCUT2D eigenvalue weighted by Gasteiger charge is -2.26. The fourth-order valence-corrected chi connectivity index (χ4v) is 4.75. The van der Waals surface area contributed by atoms with Crippen LogP contribution in [0.4, 0.5) is 14.5 Å². The molecule has 1 unspecified atom stereocenters. The molecule has 0 N–H and O–H groups in total. The average molecular weight is 429 g/mol. The van der Waals surface area contributed by atoms with E-state index in [2.05, 4.69) is 20.2 Å². The summed E-state index contributed by atoms with van der Waals surface area (Å²) >= 11 is 1.09. The van der Waals surface area contributed by atoms with Crippen LogP contribution in [-0.2, 0) is 16.6 Å². The van der Waals surface area contributed by atoms with Gasteiger partial charge in [-0.3, -0.25) is 9.29 Å². The minimum absolute atomic E-state index is 0.0289. The van der Waals surface area contributed by atoms with E-state index in [1.54, 1.807) is 32.2 Å². The number of pyridine rings is 1. The van der Waals surface area contributed by atoms with Crippen LogP contribution in [0.3, 0.4) is 0 Å². The number of rotatable bonds is 8. The number of alkyl halides is 2. The number of hydrogen-bond donors (Lipinski definition) is 0. The van der Waals surface area contributed by atoms with Crippen LogP contribution in [0.5, 0.6) is 0 Å². The van der Waals surface area contributed by atoms with E-state index in [0.717, 1.165) is 11.3 Å². The molecule has 8 nitrogen and oxygen atoms in total. The monoisotopic (exact) mass is 429 g/mol. The Bertz CT molecular complexity index is 1020. The summed E-state index contributed by atoms with van der Waals surface area (Å²) in [5, 5.41) is 6.71. The van der Waals surface area contributed by atoms with Gasteiger partial charge in [-0.25, -0.2) is 13.4 Å². The van der Waals surface area contributed by atoms with Crippen molar-refractivity contribution >= 4 is 27.0 Å². The summed E-state index contributed by atoms with van der Waals surface area (Å²) in [5.41, 5.74) is 0.414. The fraction of sp³-hybridized carbons (Fsp3) is 0.375. The van der Waals surface area contributed by atoms with E-state index in [9.17, 15) is 17.2 Å². The second-order valence-corrected chi connectivity index (χ2v) is 9.24. The summed E-state index contributed by atoms with van der Waals surface area (Å²) < 4.78 is 57.3. The van der Waals surface area contributed by atoms with Crippen molar-refractivity contribution in [2.45, 2.75) is 38.5 Å². The maximum Gasteiger partial charge on any atom is 0.314 e. The summed E-state index contributed by atoms with van der Waals surface area (Å²) in [6.07, 6.45) is 1.98. The molecule has 0 aromatic carbocycles. The number of halogens is 2. The summed E-state index contributed by atoms with van der Waals surface area (Å²) in [6, 6.07) is 3.29. The molecule has 0 spiro atoms. The Morgan fingerprint density at radius 1 is 1.29 bits per heavy atom. The lowest BCUT2D eigenvalue weighted by atomic mass is 10.4. The molecular weight excluding hydrogens is 412 g/mol. The van der Waals surface area contributed by atoms with Gasteiger partial charge in [0.15, 0.2) is 0 Å². The summed E-state index contributed by atoms with van der Waals surface area (Å²) in [4.78, 5) is 8.55. The first-order chi connectivity index (χ1) is 13.3. The maximum atomic E-state index is 13.0. The maximum absolute atomic E-state index is 13.0. The molecule has 3 rings (SSSR count). The van der Waals surface area contributed by atoms with Crippen molar-refractivity contribution in [2.24, 2.45) is 0 Å². The molecule has 0 saturated heterocycles. The van der Waals surface area contributed by atoms with E-state index in [0.29, 0.717) is 22.0 Å². The molecule has 0 aliphatic rings. The van der Waals surface area contributed by atoms with Gasteiger partial charge in [-0.1, -0.05) is 6.92 Å². The van der Waals surface area contributed by atoms with Crippen LogP contribution in [0, 0.1) is 0 Å². The fourth-order valence-electron chi connectivity index (χ4n) is 2.28. The third kappa shape index (κ3) is 4.17. The Morgan fingerprint density at radius 3 is 2.68 bits per heavy atom. The van der Waals surface area contributed by atoms with Gasteiger partial charge in [-0.2, -0.15) is 8.78 Å². The summed E-state index contributed by atoms with van der Waals surface area (Å²) in [5.74, 6) is -0.863. The number of aromatic nitrogens is 4. The first kappa shape index (κ1) is 20.3. The topological polar surface area (TPSA) is 102 Å². The van der Waals surface area contributed by atoms with E-state index >= 15 is 0 Å². The quantitative estimate of drug-likeness (QED) is 0.538. The van der Waals surface area contributed by atoms with Gasteiger partial charge < -0.3 is 4.42 Å². The van der Waals surface area contributed by atoms with Crippen molar-refractivity contribution in [3.8, 4) is 10.8 Å². The zero-order valence-corrected chi connectivity index (χ0v) is 16.6. The lowest BCUT2D eigenvalue weighted by Crippen LogP contribution is -2.37. The number of anilines is 1. The van der Waals surface area contributed by atoms with Crippen LogP contribution in [0.2, 0.25) is 0 Å². The molecule has 0 bridgehead atoms.